The normalized spacial score (nSPS) is 11.4. The minimum atomic E-state index is 1.14. The van der Waals surface area contributed by atoms with Crippen molar-refractivity contribution in [3.8, 4) is 0 Å². The van der Waals surface area contributed by atoms with Crippen LogP contribution in [0.2, 0.25) is 0 Å². The predicted octanol–water partition coefficient (Wildman–Crippen LogP) is 10.3. The molecule has 6 aromatic rings. The molecule has 0 fully saturated rings. The molecule has 0 aliphatic rings. The van der Waals surface area contributed by atoms with Gasteiger partial charge in [-0.05, 0) is 101 Å². The van der Waals surface area contributed by atoms with Crippen molar-refractivity contribution in [3.63, 3.8) is 0 Å². The average molecular weight is 476 g/mol. The van der Waals surface area contributed by atoms with Gasteiger partial charge in [0.25, 0.3) is 0 Å². The topological polar surface area (TPSA) is 3.24 Å². The summed E-state index contributed by atoms with van der Waals surface area (Å²) in [5.41, 5.74) is 8.37. The summed E-state index contributed by atoms with van der Waals surface area (Å²) in [6, 6.07) is 45.9. The summed E-state index contributed by atoms with van der Waals surface area (Å²) in [5, 5.41) is 5.12. The molecule has 1 heteroatoms. The first-order valence-electron chi connectivity index (χ1n) is 12.8. The largest absolute Gasteiger partial charge is 0.311 e. The monoisotopic (exact) mass is 475 g/mol. The van der Waals surface area contributed by atoms with Crippen molar-refractivity contribution in [2.24, 2.45) is 0 Å². The Morgan fingerprint density at radius 2 is 0.919 bits per heavy atom. The Bertz CT molecular complexity index is 1710. The van der Waals surface area contributed by atoms with E-state index < -0.39 is 0 Å². The average Bonchev–Trinajstić information content (AvgIpc) is 2.93. The van der Waals surface area contributed by atoms with Gasteiger partial charge < -0.3 is 4.90 Å². The summed E-state index contributed by atoms with van der Waals surface area (Å²) in [4.78, 5) is 2.29. The van der Waals surface area contributed by atoms with Crippen molar-refractivity contribution in [2.45, 2.75) is 13.8 Å². The predicted molar refractivity (Wildman–Crippen MR) is 161 cm³/mol. The number of para-hydroxylation sites is 1. The molecule has 0 spiro atoms. The van der Waals surface area contributed by atoms with Crippen LogP contribution < -0.4 is 4.90 Å². The summed E-state index contributed by atoms with van der Waals surface area (Å²) in [6.07, 6.45) is 4.39. The summed E-state index contributed by atoms with van der Waals surface area (Å²) >= 11 is 0. The number of rotatable bonds is 5. The van der Waals surface area contributed by atoms with Gasteiger partial charge in [-0.25, -0.2) is 0 Å². The van der Waals surface area contributed by atoms with Gasteiger partial charge in [0, 0.05) is 17.1 Å². The zero-order valence-corrected chi connectivity index (χ0v) is 21.2. The molecule has 1 nitrogen and oxygen atoms in total. The Hall–Kier alpha value is -4.62. The first kappa shape index (κ1) is 22.8. The van der Waals surface area contributed by atoms with E-state index in [-0.39, 0.29) is 0 Å². The van der Waals surface area contributed by atoms with Gasteiger partial charge in [0.2, 0.25) is 0 Å². The maximum Gasteiger partial charge on any atom is 0.0462 e. The first-order valence-corrected chi connectivity index (χ1v) is 12.8. The van der Waals surface area contributed by atoms with E-state index >= 15 is 0 Å². The standard InChI is InChI=1S/C36H29N/c1-26-9-18-35(19-10-26)37(34-6-4-3-5-7-34)36-20-14-28(15-21-36)11-12-29-13-17-31-24-32-22-27(2)8-16-30(32)25-33(31)23-29/h3-25H,1-2H3/b12-11-. The van der Waals surface area contributed by atoms with Gasteiger partial charge in [-0.2, -0.15) is 0 Å². The van der Waals surface area contributed by atoms with E-state index in [0.717, 1.165) is 17.1 Å². The van der Waals surface area contributed by atoms with Crippen LogP contribution in [0, 0.1) is 13.8 Å². The summed E-state index contributed by atoms with van der Waals surface area (Å²) in [7, 11) is 0. The molecule has 0 bridgehead atoms. The molecule has 0 heterocycles. The molecule has 0 aromatic heterocycles. The summed E-state index contributed by atoms with van der Waals surface area (Å²) in [6.45, 7) is 4.27. The molecular weight excluding hydrogens is 446 g/mol. The molecule has 6 rings (SSSR count). The molecule has 178 valence electrons. The molecular formula is C36H29N. The van der Waals surface area contributed by atoms with Crippen molar-refractivity contribution in [2.75, 3.05) is 4.90 Å². The number of hydrogen-bond donors (Lipinski definition) is 0. The Morgan fingerprint density at radius 1 is 0.405 bits per heavy atom. The molecule has 0 saturated carbocycles. The highest BCUT2D eigenvalue weighted by Crippen LogP contribution is 2.34. The highest BCUT2D eigenvalue weighted by atomic mass is 15.1. The molecule has 0 atom stereocenters. The molecule has 0 amide bonds. The van der Waals surface area contributed by atoms with Gasteiger partial charge in [-0.1, -0.05) is 96.1 Å². The lowest BCUT2D eigenvalue weighted by Gasteiger charge is -2.25. The Kier molecular flexibility index (Phi) is 6.04. The van der Waals surface area contributed by atoms with Crippen molar-refractivity contribution in [1.29, 1.82) is 0 Å². The molecule has 0 aliphatic carbocycles. The van der Waals surface area contributed by atoms with Gasteiger partial charge in [0.15, 0.2) is 0 Å². The lowest BCUT2D eigenvalue weighted by atomic mass is 10.00. The van der Waals surface area contributed by atoms with Crippen LogP contribution in [-0.2, 0) is 0 Å². The highest BCUT2D eigenvalue weighted by Gasteiger charge is 2.11. The third-order valence-electron chi connectivity index (χ3n) is 6.90. The zero-order valence-electron chi connectivity index (χ0n) is 21.2. The number of anilines is 3. The van der Waals surface area contributed by atoms with Gasteiger partial charge in [0.1, 0.15) is 0 Å². The fourth-order valence-corrected chi connectivity index (χ4v) is 4.88. The Morgan fingerprint density at radius 3 is 1.62 bits per heavy atom. The van der Waals surface area contributed by atoms with Crippen LogP contribution in [0.4, 0.5) is 17.1 Å². The van der Waals surface area contributed by atoms with Crippen LogP contribution in [0.25, 0.3) is 33.7 Å². The smallest absolute Gasteiger partial charge is 0.0462 e. The van der Waals surface area contributed by atoms with Crippen molar-refractivity contribution in [3.05, 3.63) is 150 Å². The molecule has 37 heavy (non-hydrogen) atoms. The number of fused-ring (bicyclic) bond motifs is 2. The van der Waals surface area contributed by atoms with Gasteiger partial charge >= 0.3 is 0 Å². The first-order chi connectivity index (χ1) is 18.1. The van der Waals surface area contributed by atoms with E-state index in [1.54, 1.807) is 0 Å². The summed E-state index contributed by atoms with van der Waals surface area (Å²) < 4.78 is 0. The number of hydrogen-bond acceptors (Lipinski definition) is 1. The zero-order chi connectivity index (χ0) is 25.2. The molecule has 0 radical (unpaired) electrons. The van der Waals surface area contributed by atoms with E-state index in [1.165, 1.54) is 43.8 Å². The van der Waals surface area contributed by atoms with Crippen molar-refractivity contribution in [1.82, 2.24) is 0 Å². The van der Waals surface area contributed by atoms with E-state index in [2.05, 4.69) is 158 Å². The quantitative estimate of drug-likeness (QED) is 0.177. The van der Waals surface area contributed by atoms with E-state index in [1.807, 2.05) is 0 Å². The van der Waals surface area contributed by atoms with Crippen LogP contribution in [-0.4, -0.2) is 0 Å². The Labute approximate surface area is 218 Å². The van der Waals surface area contributed by atoms with E-state index in [9.17, 15) is 0 Å². The molecule has 0 saturated heterocycles. The second-order valence-electron chi connectivity index (χ2n) is 9.74. The second kappa shape index (κ2) is 9.79. The van der Waals surface area contributed by atoms with Crippen LogP contribution in [0.1, 0.15) is 22.3 Å². The van der Waals surface area contributed by atoms with Crippen LogP contribution in [0.15, 0.2) is 127 Å². The fraction of sp³-hybridized carbons (Fsp3) is 0.0556. The Balaban J connectivity index is 1.28. The van der Waals surface area contributed by atoms with E-state index in [0.29, 0.717) is 0 Å². The third kappa shape index (κ3) is 4.90. The van der Waals surface area contributed by atoms with Crippen LogP contribution in [0.3, 0.4) is 0 Å². The van der Waals surface area contributed by atoms with Gasteiger partial charge in [0.05, 0.1) is 0 Å². The summed E-state index contributed by atoms with van der Waals surface area (Å²) in [5.74, 6) is 0. The van der Waals surface area contributed by atoms with Crippen molar-refractivity contribution >= 4 is 50.8 Å². The lowest BCUT2D eigenvalue weighted by Crippen LogP contribution is -2.09. The highest BCUT2D eigenvalue weighted by molar-refractivity contribution is 5.99. The SMILES string of the molecule is Cc1ccc(N(c2ccccc2)c2ccc(/C=C\c3ccc4cc5cc(C)ccc5cc4c3)cc2)cc1. The minimum Gasteiger partial charge on any atom is -0.311 e. The molecule has 0 unspecified atom stereocenters. The van der Waals surface area contributed by atoms with E-state index in [4.69, 9.17) is 0 Å². The maximum atomic E-state index is 2.29. The van der Waals surface area contributed by atoms with Gasteiger partial charge in [-0.15, -0.1) is 0 Å². The lowest BCUT2D eigenvalue weighted by molar-refractivity contribution is 1.27. The number of benzene rings is 6. The number of nitrogens with zero attached hydrogens (tertiary/aromatic N) is 1. The van der Waals surface area contributed by atoms with Crippen molar-refractivity contribution < 1.29 is 0 Å². The fourth-order valence-electron chi connectivity index (χ4n) is 4.88. The number of aryl methyl sites for hydroxylation is 2. The third-order valence-corrected chi connectivity index (χ3v) is 6.90. The van der Waals surface area contributed by atoms with Crippen LogP contribution >= 0.6 is 0 Å². The van der Waals surface area contributed by atoms with Crippen LogP contribution in [0.5, 0.6) is 0 Å². The second-order valence-corrected chi connectivity index (χ2v) is 9.74. The molecule has 0 N–H and O–H groups in total. The maximum absolute atomic E-state index is 2.29. The van der Waals surface area contributed by atoms with Gasteiger partial charge in [-0.3, -0.25) is 0 Å². The minimum absolute atomic E-state index is 1.14. The molecule has 0 aliphatic heterocycles. The molecule has 6 aromatic carbocycles.